The van der Waals surface area contributed by atoms with Crippen molar-refractivity contribution in [1.29, 1.82) is 0 Å². The van der Waals surface area contributed by atoms with Gasteiger partial charge in [0.25, 0.3) is 0 Å². The van der Waals surface area contributed by atoms with Crippen LogP contribution in [0.4, 0.5) is 4.79 Å². The third-order valence-electron chi connectivity index (χ3n) is 9.37. The number of fused-ring (bicyclic) bond motifs is 3. The highest BCUT2D eigenvalue weighted by Gasteiger charge is 2.48. The van der Waals surface area contributed by atoms with Gasteiger partial charge in [0, 0.05) is 68.7 Å². The molecule has 2 aliphatic heterocycles. The van der Waals surface area contributed by atoms with Crippen molar-refractivity contribution in [3.63, 3.8) is 0 Å². The Kier molecular flexibility index (Phi) is 7.46. The van der Waals surface area contributed by atoms with Crippen LogP contribution in [-0.4, -0.2) is 85.0 Å². The Morgan fingerprint density at radius 1 is 1.07 bits per heavy atom. The van der Waals surface area contributed by atoms with E-state index in [2.05, 4.69) is 39.1 Å². The van der Waals surface area contributed by atoms with Crippen molar-refractivity contribution in [2.45, 2.75) is 55.5 Å². The van der Waals surface area contributed by atoms with E-state index in [0.717, 1.165) is 60.8 Å². The fourth-order valence-electron chi connectivity index (χ4n) is 7.16. The number of H-pyrrole nitrogens is 1. The monoisotopic (exact) mass is 556 g/mol. The summed E-state index contributed by atoms with van der Waals surface area (Å²) in [6, 6.07) is 15.4. The zero-order valence-electron chi connectivity index (χ0n) is 23.9. The Balaban J connectivity index is 1.19. The van der Waals surface area contributed by atoms with Gasteiger partial charge in [-0.15, -0.1) is 0 Å². The molecule has 0 bridgehead atoms. The molecular formula is C32H40N6O3. The van der Waals surface area contributed by atoms with Crippen LogP contribution in [0.25, 0.3) is 10.9 Å². The van der Waals surface area contributed by atoms with Crippen LogP contribution < -0.4 is 16.0 Å². The number of carbonyl (C=O) groups is 3. The molecule has 6 rings (SSSR count). The zero-order chi connectivity index (χ0) is 28.6. The lowest BCUT2D eigenvalue weighted by molar-refractivity contribution is -0.135. The molecule has 0 saturated carbocycles. The molecule has 4 N–H and O–H groups in total. The SMILES string of the molecule is CN(C)C(=O)[C@@H]1CC2(CCN(C(=O)C(Cc3c[nH]c4ccccc34)NC(=O)NC3CCNC3)CC2)c2ccccc21. The number of nitrogens with one attached hydrogen (secondary N) is 4. The lowest BCUT2D eigenvalue weighted by Crippen LogP contribution is -2.56. The van der Waals surface area contributed by atoms with E-state index in [1.807, 2.05) is 55.5 Å². The Hall–Kier alpha value is -3.85. The quantitative estimate of drug-likeness (QED) is 0.374. The minimum Gasteiger partial charge on any atom is -0.361 e. The Bertz CT molecular complexity index is 1430. The van der Waals surface area contributed by atoms with Crippen LogP contribution >= 0.6 is 0 Å². The molecule has 2 fully saturated rings. The number of likely N-dealkylation sites (N-methyl/N-ethyl adjacent to an activating group) is 1. The molecule has 2 saturated heterocycles. The summed E-state index contributed by atoms with van der Waals surface area (Å²) in [5.41, 5.74) is 4.28. The Morgan fingerprint density at radius 3 is 2.59 bits per heavy atom. The number of aromatic nitrogens is 1. The molecule has 2 unspecified atom stereocenters. The minimum atomic E-state index is -0.684. The molecule has 41 heavy (non-hydrogen) atoms. The van der Waals surface area contributed by atoms with Crippen LogP contribution in [0.1, 0.15) is 48.3 Å². The lowest BCUT2D eigenvalue weighted by atomic mass is 9.73. The number of rotatable bonds is 6. The summed E-state index contributed by atoms with van der Waals surface area (Å²) in [5, 5.41) is 10.4. The summed E-state index contributed by atoms with van der Waals surface area (Å²) in [6.45, 7) is 2.80. The molecule has 3 aliphatic rings. The Labute approximate surface area is 241 Å². The summed E-state index contributed by atoms with van der Waals surface area (Å²) < 4.78 is 0. The maximum absolute atomic E-state index is 14.0. The molecule has 3 aromatic rings. The number of hydrogen-bond donors (Lipinski definition) is 4. The van der Waals surface area contributed by atoms with E-state index in [4.69, 9.17) is 0 Å². The largest absolute Gasteiger partial charge is 0.361 e. The van der Waals surface area contributed by atoms with E-state index in [9.17, 15) is 14.4 Å². The van der Waals surface area contributed by atoms with Gasteiger partial charge in [-0.05, 0) is 55.0 Å². The first kappa shape index (κ1) is 27.3. The number of benzene rings is 2. The van der Waals surface area contributed by atoms with Crippen molar-refractivity contribution in [3.8, 4) is 0 Å². The number of aromatic amines is 1. The maximum atomic E-state index is 14.0. The molecule has 1 aromatic heterocycles. The van der Waals surface area contributed by atoms with E-state index < -0.39 is 6.04 Å². The van der Waals surface area contributed by atoms with Crippen molar-refractivity contribution in [1.82, 2.24) is 30.7 Å². The number of carbonyl (C=O) groups excluding carboxylic acids is 3. The second kappa shape index (κ2) is 11.2. The van der Waals surface area contributed by atoms with E-state index in [1.165, 1.54) is 5.56 Å². The first-order chi connectivity index (χ1) is 19.8. The van der Waals surface area contributed by atoms with Gasteiger partial charge in [0.2, 0.25) is 11.8 Å². The highest BCUT2D eigenvalue weighted by molar-refractivity contribution is 5.90. The second-order valence-electron chi connectivity index (χ2n) is 12.1. The molecule has 1 spiro atoms. The van der Waals surface area contributed by atoms with Crippen molar-refractivity contribution < 1.29 is 14.4 Å². The lowest BCUT2D eigenvalue weighted by Gasteiger charge is -2.41. The summed E-state index contributed by atoms with van der Waals surface area (Å²) in [4.78, 5) is 47.0. The zero-order valence-corrected chi connectivity index (χ0v) is 23.9. The van der Waals surface area contributed by atoms with Crippen LogP contribution in [0.2, 0.25) is 0 Å². The standard InChI is InChI=1S/C32H40N6O3/c1-37(2)29(39)25-18-32(26-9-5-3-8-24(25)26)12-15-38(16-13-32)30(40)28(36-31(41)35-22-11-14-33-20-22)17-21-19-34-27-10-6-4-7-23(21)27/h3-10,19,22,25,28,33-34H,11-18,20H2,1-2H3,(H2,35,36,41)/t22?,25-,28?/m1/s1. The van der Waals surface area contributed by atoms with Crippen molar-refractivity contribution in [2.75, 3.05) is 40.3 Å². The molecule has 216 valence electrons. The third-order valence-corrected chi connectivity index (χ3v) is 9.37. The highest BCUT2D eigenvalue weighted by atomic mass is 16.2. The first-order valence-corrected chi connectivity index (χ1v) is 14.8. The third kappa shape index (κ3) is 5.30. The van der Waals surface area contributed by atoms with Gasteiger partial charge < -0.3 is 30.7 Å². The molecule has 1 aliphatic carbocycles. The average Bonchev–Trinajstić information content (AvgIpc) is 3.72. The van der Waals surface area contributed by atoms with Gasteiger partial charge in [-0.3, -0.25) is 9.59 Å². The van der Waals surface area contributed by atoms with Crippen LogP contribution in [0.5, 0.6) is 0 Å². The number of hydrogen-bond acceptors (Lipinski definition) is 4. The van der Waals surface area contributed by atoms with Crippen molar-refractivity contribution >= 4 is 28.7 Å². The van der Waals surface area contributed by atoms with Gasteiger partial charge in [0.15, 0.2) is 0 Å². The summed E-state index contributed by atoms with van der Waals surface area (Å²) in [6.07, 6.45) is 5.60. The number of likely N-dealkylation sites (tertiary alicyclic amines) is 1. The smallest absolute Gasteiger partial charge is 0.315 e. The molecule has 9 heteroatoms. The minimum absolute atomic E-state index is 0.0583. The number of piperidine rings is 1. The van der Waals surface area contributed by atoms with Gasteiger partial charge in [0.1, 0.15) is 6.04 Å². The summed E-state index contributed by atoms with van der Waals surface area (Å²) in [7, 11) is 3.63. The molecule has 4 amide bonds. The summed E-state index contributed by atoms with van der Waals surface area (Å²) in [5.74, 6) is -0.0650. The van der Waals surface area contributed by atoms with Crippen LogP contribution in [-0.2, 0) is 21.4 Å². The predicted molar refractivity (Wildman–Crippen MR) is 159 cm³/mol. The maximum Gasteiger partial charge on any atom is 0.315 e. The highest BCUT2D eigenvalue weighted by Crippen LogP contribution is 2.52. The van der Waals surface area contributed by atoms with Crippen molar-refractivity contribution in [3.05, 3.63) is 71.4 Å². The number of para-hydroxylation sites is 1. The van der Waals surface area contributed by atoms with Crippen LogP contribution in [0.3, 0.4) is 0 Å². The van der Waals surface area contributed by atoms with E-state index in [0.29, 0.717) is 19.5 Å². The van der Waals surface area contributed by atoms with Crippen LogP contribution in [0.15, 0.2) is 54.7 Å². The van der Waals surface area contributed by atoms with E-state index >= 15 is 0 Å². The molecule has 9 nitrogen and oxygen atoms in total. The Morgan fingerprint density at radius 2 is 1.83 bits per heavy atom. The normalized spacial score (nSPS) is 22.0. The van der Waals surface area contributed by atoms with E-state index in [-0.39, 0.29) is 35.2 Å². The van der Waals surface area contributed by atoms with Gasteiger partial charge in [-0.25, -0.2) is 4.79 Å². The molecule has 3 atom stereocenters. The number of nitrogens with zero attached hydrogens (tertiary/aromatic N) is 2. The van der Waals surface area contributed by atoms with Gasteiger partial charge in [-0.2, -0.15) is 0 Å². The van der Waals surface area contributed by atoms with Gasteiger partial charge in [-0.1, -0.05) is 42.5 Å². The molecule has 0 radical (unpaired) electrons. The second-order valence-corrected chi connectivity index (χ2v) is 12.1. The fraction of sp³-hybridized carbons (Fsp3) is 0.469. The molecular weight excluding hydrogens is 516 g/mol. The first-order valence-electron chi connectivity index (χ1n) is 14.8. The van der Waals surface area contributed by atoms with Crippen LogP contribution in [0, 0.1) is 0 Å². The fourth-order valence-corrected chi connectivity index (χ4v) is 7.16. The number of amides is 4. The predicted octanol–water partition coefficient (Wildman–Crippen LogP) is 2.88. The van der Waals surface area contributed by atoms with E-state index in [1.54, 1.807) is 4.90 Å². The molecule has 2 aromatic carbocycles. The summed E-state index contributed by atoms with van der Waals surface area (Å²) >= 11 is 0. The van der Waals surface area contributed by atoms with Crippen molar-refractivity contribution in [2.24, 2.45) is 0 Å². The van der Waals surface area contributed by atoms with Gasteiger partial charge in [0.05, 0.1) is 5.92 Å². The average molecular weight is 557 g/mol. The number of urea groups is 1. The van der Waals surface area contributed by atoms with Gasteiger partial charge >= 0.3 is 6.03 Å². The topological polar surface area (TPSA) is 110 Å². The molecule has 3 heterocycles.